The first-order valence-corrected chi connectivity index (χ1v) is 6.83. The van der Waals surface area contributed by atoms with E-state index in [2.05, 4.69) is 10.2 Å². The standard InChI is InChI=1S/C12H15N5O2S/c1-2-5-19-11(18)9-6-8(13)3-4-10(9)20-12-16-15-7-17(12)14/h3-4,6-7H,2,5,13-14H2,1H3. The highest BCUT2D eigenvalue weighted by atomic mass is 32.2. The van der Waals surface area contributed by atoms with Gasteiger partial charge in [0.25, 0.3) is 0 Å². The zero-order valence-electron chi connectivity index (χ0n) is 10.9. The van der Waals surface area contributed by atoms with Gasteiger partial charge < -0.3 is 16.3 Å². The third kappa shape index (κ3) is 3.21. The molecule has 0 amide bonds. The van der Waals surface area contributed by atoms with Gasteiger partial charge in [-0.2, -0.15) is 0 Å². The molecule has 0 fully saturated rings. The van der Waals surface area contributed by atoms with E-state index in [0.717, 1.165) is 6.42 Å². The molecule has 20 heavy (non-hydrogen) atoms. The Balaban J connectivity index is 2.28. The smallest absolute Gasteiger partial charge is 0.339 e. The summed E-state index contributed by atoms with van der Waals surface area (Å²) in [6.45, 7) is 2.30. The molecule has 0 aliphatic carbocycles. The van der Waals surface area contributed by atoms with E-state index >= 15 is 0 Å². The molecule has 0 aliphatic heterocycles. The van der Waals surface area contributed by atoms with Crippen molar-refractivity contribution in [3.8, 4) is 0 Å². The van der Waals surface area contributed by atoms with E-state index < -0.39 is 5.97 Å². The lowest BCUT2D eigenvalue weighted by atomic mass is 10.2. The minimum Gasteiger partial charge on any atom is -0.462 e. The number of carbonyl (C=O) groups is 1. The third-order valence-corrected chi connectivity index (χ3v) is 3.45. The van der Waals surface area contributed by atoms with Gasteiger partial charge in [-0.3, -0.25) is 0 Å². The van der Waals surface area contributed by atoms with Gasteiger partial charge in [0.05, 0.1) is 12.2 Å². The fourth-order valence-electron chi connectivity index (χ4n) is 1.47. The predicted molar refractivity (Wildman–Crippen MR) is 75.7 cm³/mol. The third-order valence-electron chi connectivity index (χ3n) is 2.40. The predicted octanol–water partition coefficient (Wildman–Crippen LogP) is 1.29. The highest BCUT2D eigenvalue weighted by Gasteiger charge is 2.16. The minimum absolute atomic E-state index is 0.366. The minimum atomic E-state index is -0.412. The maximum absolute atomic E-state index is 12.0. The summed E-state index contributed by atoms with van der Waals surface area (Å²) < 4.78 is 6.42. The van der Waals surface area contributed by atoms with Crippen LogP contribution in [-0.4, -0.2) is 27.4 Å². The number of nitrogens with two attached hydrogens (primary N) is 2. The molecule has 8 heteroatoms. The van der Waals surface area contributed by atoms with Crippen molar-refractivity contribution in [2.45, 2.75) is 23.4 Å². The number of hydrogen-bond donors (Lipinski definition) is 2. The SMILES string of the molecule is CCCOC(=O)c1cc(N)ccc1Sc1nncn1N. The molecular formula is C12H15N5O2S. The van der Waals surface area contributed by atoms with Crippen LogP contribution in [-0.2, 0) is 4.74 Å². The van der Waals surface area contributed by atoms with Crippen molar-refractivity contribution in [2.75, 3.05) is 18.2 Å². The summed E-state index contributed by atoms with van der Waals surface area (Å²) in [5.41, 5.74) is 6.61. The lowest BCUT2D eigenvalue weighted by molar-refractivity contribution is 0.0501. The molecule has 0 saturated carbocycles. The average Bonchev–Trinajstić information content (AvgIpc) is 2.83. The summed E-state index contributed by atoms with van der Waals surface area (Å²) >= 11 is 1.23. The molecule has 1 aromatic carbocycles. The molecule has 0 bridgehead atoms. The van der Waals surface area contributed by atoms with E-state index in [-0.39, 0.29) is 0 Å². The van der Waals surface area contributed by atoms with E-state index in [9.17, 15) is 4.79 Å². The number of esters is 1. The number of nitrogens with zero attached hydrogens (tertiary/aromatic N) is 3. The van der Waals surface area contributed by atoms with Gasteiger partial charge in [0.2, 0.25) is 5.16 Å². The maximum Gasteiger partial charge on any atom is 0.339 e. The summed E-state index contributed by atoms with van der Waals surface area (Å²) in [7, 11) is 0. The zero-order chi connectivity index (χ0) is 14.5. The first kappa shape index (κ1) is 14.2. The Bertz CT molecular complexity index is 614. The van der Waals surface area contributed by atoms with Crippen LogP contribution in [0.1, 0.15) is 23.7 Å². The van der Waals surface area contributed by atoms with Gasteiger partial charge in [0.15, 0.2) is 0 Å². The van der Waals surface area contributed by atoms with Gasteiger partial charge in [-0.05, 0) is 36.4 Å². The summed E-state index contributed by atoms with van der Waals surface area (Å²) in [6, 6.07) is 5.02. The second kappa shape index (κ2) is 6.29. The van der Waals surface area contributed by atoms with Crippen LogP contribution in [0, 0.1) is 0 Å². The van der Waals surface area contributed by atoms with Crippen molar-refractivity contribution < 1.29 is 9.53 Å². The number of anilines is 1. The Morgan fingerprint density at radius 3 is 2.95 bits per heavy atom. The molecular weight excluding hydrogens is 278 g/mol. The van der Waals surface area contributed by atoms with E-state index in [4.69, 9.17) is 16.3 Å². The van der Waals surface area contributed by atoms with Gasteiger partial charge in [0.1, 0.15) is 6.33 Å². The quantitative estimate of drug-likeness (QED) is 0.485. The summed E-state index contributed by atoms with van der Waals surface area (Å²) in [5.74, 6) is 5.24. The number of nitrogen functional groups attached to an aromatic ring is 2. The van der Waals surface area contributed by atoms with Crippen molar-refractivity contribution in [3.63, 3.8) is 0 Å². The zero-order valence-corrected chi connectivity index (χ0v) is 11.8. The number of aromatic nitrogens is 3. The molecule has 106 valence electrons. The Hall–Kier alpha value is -2.22. The summed E-state index contributed by atoms with van der Waals surface area (Å²) in [4.78, 5) is 12.7. The largest absolute Gasteiger partial charge is 0.462 e. The number of benzene rings is 1. The Kier molecular flexibility index (Phi) is 4.46. The Labute approximate surface area is 120 Å². The normalized spacial score (nSPS) is 10.4. The van der Waals surface area contributed by atoms with Gasteiger partial charge in [-0.25, -0.2) is 9.47 Å². The molecule has 0 unspecified atom stereocenters. The van der Waals surface area contributed by atoms with Crippen LogP contribution >= 0.6 is 11.8 Å². The lowest BCUT2D eigenvalue weighted by Gasteiger charge is -2.09. The van der Waals surface area contributed by atoms with Crippen LogP contribution in [0.25, 0.3) is 0 Å². The Morgan fingerprint density at radius 2 is 2.30 bits per heavy atom. The molecule has 2 aromatic rings. The van der Waals surface area contributed by atoms with Crippen molar-refractivity contribution >= 4 is 23.4 Å². The van der Waals surface area contributed by atoms with Crippen LogP contribution in [0.5, 0.6) is 0 Å². The van der Waals surface area contributed by atoms with Gasteiger partial charge in [-0.15, -0.1) is 10.2 Å². The molecule has 0 aliphatic rings. The van der Waals surface area contributed by atoms with Crippen molar-refractivity contribution in [1.82, 2.24) is 14.9 Å². The Morgan fingerprint density at radius 1 is 1.50 bits per heavy atom. The van der Waals surface area contributed by atoms with Crippen molar-refractivity contribution in [1.29, 1.82) is 0 Å². The first-order chi connectivity index (χ1) is 9.61. The second-order valence-corrected chi connectivity index (χ2v) is 5.02. The fourth-order valence-corrected chi connectivity index (χ4v) is 2.30. The van der Waals surface area contributed by atoms with Crippen LogP contribution in [0.3, 0.4) is 0 Å². The molecule has 0 saturated heterocycles. The number of carbonyl (C=O) groups excluding carboxylic acids is 1. The molecule has 7 nitrogen and oxygen atoms in total. The molecule has 1 heterocycles. The highest BCUT2D eigenvalue weighted by Crippen LogP contribution is 2.30. The number of ether oxygens (including phenoxy) is 1. The van der Waals surface area contributed by atoms with Crippen molar-refractivity contribution in [2.24, 2.45) is 0 Å². The molecule has 0 atom stereocenters. The van der Waals surface area contributed by atoms with Crippen LogP contribution < -0.4 is 11.6 Å². The van der Waals surface area contributed by atoms with E-state index in [1.165, 1.54) is 22.8 Å². The molecule has 4 N–H and O–H groups in total. The number of hydrogen-bond acceptors (Lipinski definition) is 7. The first-order valence-electron chi connectivity index (χ1n) is 6.01. The molecule has 0 radical (unpaired) electrons. The highest BCUT2D eigenvalue weighted by molar-refractivity contribution is 7.99. The molecule has 0 spiro atoms. The van der Waals surface area contributed by atoms with E-state index in [0.29, 0.717) is 27.9 Å². The summed E-state index contributed by atoms with van der Waals surface area (Å²) in [5, 5.41) is 8.02. The van der Waals surface area contributed by atoms with Gasteiger partial charge in [-0.1, -0.05) is 6.92 Å². The maximum atomic E-state index is 12.0. The second-order valence-electron chi connectivity index (χ2n) is 4.01. The van der Waals surface area contributed by atoms with E-state index in [1.54, 1.807) is 18.2 Å². The van der Waals surface area contributed by atoms with Gasteiger partial charge in [0, 0.05) is 10.6 Å². The molecule has 2 rings (SSSR count). The number of rotatable bonds is 5. The van der Waals surface area contributed by atoms with Crippen LogP contribution in [0.2, 0.25) is 0 Å². The van der Waals surface area contributed by atoms with Crippen molar-refractivity contribution in [3.05, 3.63) is 30.1 Å². The van der Waals surface area contributed by atoms with Crippen LogP contribution in [0.15, 0.2) is 34.6 Å². The van der Waals surface area contributed by atoms with Crippen LogP contribution in [0.4, 0.5) is 5.69 Å². The topological polar surface area (TPSA) is 109 Å². The fraction of sp³-hybridized carbons (Fsp3) is 0.250. The summed E-state index contributed by atoms with van der Waals surface area (Å²) in [6.07, 6.45) is 2.14. The van der Waals surface area contributed by atoms with E-state index in [1.807, 2.05) is 6.92 Å². The molecule has 1 aromatic heterocycles. The average molecular weight is 293 g/mol. The monoisotopic (exact) mass is 293 g/mol. The lowest BCUT2D eigenvalue weighted by Crippen LogP contribution is -2.10. The van der Waals surface area contributed by atoms with Gasteiger partial charge >= 0.3 is 5.97 Å².